The van der Waals surface area contributed by atoms with Crippen LogP contribution in [0.1, 0.15) is 15.9 Å². The SMILES string of the molecule is Cc1cc(NC(=O)NC(=O)c2ccccc2Br)cnc1-c1ccc(Cl)cc1. The number of rotatable bonds is 3. The topological polar surface area (TPSA) is 71.1 Å². The number of halogens is 2. The summed E-state index contributed by atoms with van der Waals surface area (Å²) in [6.07, 6.45) is 1.54. The number of hydrogen-bond acceptors (Lipinski definition) is 3. The van der Waals surface area contributed by atoms with Crippen molar-refractivity contribution in [2.45, 2.75) is 6.92 Å². The molecule has 0 radical (unpaired) electrons. The number of urea groups is 1. The molecule has 7 heteroatoms. The van der Waals surface area contributed by atoms with Crippen molar-refractivity contribution in [2.75, 3.05) is 5.32 Å². The minimum absolute atomic E-state index is 0.375. The highest BCUT2D eigenvalue weighted by molar-refractivity contribution is 9.10. The zero-order valence-corrected chi connectivity index (χ0v) is 16.6. The van der Waals surface area contributed by atoms with Gasteiger partial charge in [0.1, 0.15) is 0 Å². The zero-order chi connectivity index (χ0) is 19.4. The van der Waals surface area contributed by atoms with Crippen molar-refractivity contribution in [2.24, 2.45) is 0 Å². The normalized spacial score (nSPS) is 10.3. The van der Waals surface area contributed by atoms with Crippen LogP contribution in [0.2, 0.25) is 5.02 Å². The number of nitrogens with one attached hydrogen (secondary N) is 2. The van der Waals surface area contributed by atoms with E-state index >= 15 is 0 Å². The van der Waals surface area contributed by atoms with E-state index in [4.69, 9.17) is 11.6 Å². The molecule has 3 aromatic rings. The van der Waals surface area contributed by atoms with Crippen LogP contribution in [0, 0.1) is 6.92 Å². The number of pyridine rings is 1. The first-order valence-electron chi connectivity index (χ1n) is 8.03. The van der Waals surface area contributed by atoms with Gasteiger partial charge in [0, 0.05) is 15.1 Å². The Hall–Kier alpha value is -2.70. The minimum Gasteiger partial charge on any atom is -0.306 e. The second-order valence-electron chi connectivity index (χ2n) is 5.78. The molecule has 3 rings (SSSR count). The van der Waals surface area contributed by atoms with Crippen LogP contribution in [-0.4, -0.2) is 16.9 Å². The molecule has 0 aliphatic heterocycles. The van der Waals surface area contributed by atoms with Crippen LogP contribution >= 0.6 is 27.5 Å². The molecule has 1 aromatic heterocycles. The first-order chi connectivity index (χ1) is 12.9. The van der Waals surface area contributed by atoms with Crippen molar-refractivity contribution in [1.29, 1.82) is 0 Å². The summed E-state index contributed by atoms with van der Waals surface area (Å²) in [7, 11) is 0. The number of benzene rings is 2. The third-order valence-corrected chi connectivity index (χ3v) is 4.74. The molecule has 136 valence electrons. The smallest absolute Gasteiger partial charge is 0.306 e. The van der Waals surface area contributed by atoms with Gasteiger partial charge in [0.25, 0.3) is 5.91 Å². The van der Waals surface area contributed by atoms with Gasteiger partial charge < -0.3 is 5.32 Å². The van der Waals surface area contributed by atoms with Crippen LogP contribution in [-0.2, 0) is 0 Å². The molecular formula is C20H15BrClN3O2. The van der Waals surface area contributed by atoms with Crippen molar-refractivity contribution < 1.29 is 9.59 Å². The number of imide groups is 1. The molecule has 0 aliphatic carbocycles. The van der Waals surface area contributed by atoms with E-state index in [2.05, 4.69) is 31.5 Å². The Morgan fingerprint density at radius 1 is 1.07 bits per heavy atom. The highest BCUT2D eigenvalue weighted by Gasteiger charge is 2.13. The summed E-state index contributed by atoms with van der Waals surface area (Å²) in [4.78, 5) is 28.7. The van der Waals surface area contributed by atoms with Gasteiger partial charge in [0.2, 0.25) is 0 Å². The number of carbonyl (C=O) groups is 2. The molecule has 2 aromatic carbocycles. The fourth-order valence-corrected chi connectivity index (χ4v) is 3.12. The molecule has 27 heavy (non-hydrogen) atoms. The maximum atomic E-state index is 12.2. The molecule has 0 atom stereocenters. The lowest BCUT2D eigenvalue weighted by atomic mass is 10.1. The van der Waals surface area contributed by atoms with E-state index in [9.17, 15) is 9.59 Å². The average molecular weight is 445 g/mol. The summed E-state index contributed by atoms with van der Waals surface area (Å²) in [5.41, 5.74) is 3.47. The standard InChI is InChI=1S/C20H15BrClN3O2/c1-12-10-15(11-23-18(12)13-6-8-14(22)9-7-13)24-20(27)25-19(26)16-4-2-3-5-17(16)21/h2-11H,1H3,(H2,24,25,26,27). The largest absolute Gasteiger partial charge is 0.326 e. The number of aromatic nitrogens is 1. The van der Waals surface area contributed by atoms with Gasteiger partial charge in [-0.3, -0.25) is 15.1 Å². The van der Waals surface area contributed by atoms with Crippen molar-refractivity contribution in [3.05, 3.63) is 81.4 Å². The Kier molecular flexibility index (Phi) is 5.88. The molecular weight excluding hydrogens is 430 g/mol. The fourth-order valence-electron chi connectivity index (χ4n) is 2.53. The highest BCUT2D eigenvalue weighted by atomic mass is 79.9. The minimum atomic E-state index is -0.629. The summed E-state index contributed by atoms with van der Waals surface area (Å²) < 4.78 is 0.611. The number of anilines is 1. The van der Waals surface area contributed by atoms with Crippen molar-refractivity contribution in [3.8, 4) is 11.3 Å². The van der Waals surface area contributed by atoms with Crippen LogP contribution < -0.4 is 10.6 Å². The van der Waals surface area contributed by atoms with Gasteiger partial charge >= 0.3 is 6.03 Å². The third kappa shape index (κ3) is 4.72. The van der Waals surface area contributed by atoms with Crippen LogP contribution in [0.15, 0.2) is 65.3 Å². The predicted octanol–water partition coefficient (Wildman–Crippen LogP) is 5.43. The number of amides is 3. The van der Waals surface area contributed by atoms with Gasteiger partial charge in [-0.1, -0.05) is 35.9 Å². The van der Waals surface area contributed by atoms with Crippen LogP contribution in [0.4, 0.5) is 10.5 Å². The van der Waals surface area contributed by atoms with Crippen molar-refractivity contribution in [3.63, 3.8) is 0 Å². The van der Waals surface area contributed by atoms with Gasteiger partial charge in [0.15, 0.2) is 0 Å². The first kappa shape index (κ1) is 19.1. The van der Waals surface area contributed by atoms with Gasteiger partial charge in [-0.2, -0.15) is 0 Å². The maximum Gasteiger partial charge on any atom is 0.326 e. The molecule has 3 amide bonds. The summed E-state index contributed by atoms with van der Waals surface area (Å²) >= 11 is 9.20. The lowest BCUT2D eigenvalue weighted by Crippen LogP contribution is -2.34. The van der Waals surface area contributed by atoms with E-state index in [1.807, 2.05) is 19.1 Å². The van der Waals surface area contributed by atoms with Gasteiger partial charge in [-0.15, -0.1) is 0 Å². The molecule has 0 saturated heterocycles. The van der Waals surface area contributed by atoms with Crippen molar-refractivity contribution in [1.82, 2.24) is 10.3 Å². The van der Waals surface area contributed by atoms with E-state index in [-0.39, 0.29) is 0 Å². The number of hydrogen-bond donors (Lipinski definition) is 2. The monoisotopic (exact) mass is 443 g/mol. The van der Waals surface area contributed by atoms with E-state index in [1.165, 1.54) is 0 Å². The summed E-state index contributed by atoms with van der Waals surface area (Å²) in [6.45, 7) is 1.90. The molecule has 0 saturated carbocycles. The Balaban J connectivity index is 1.69. The highest BCUT2D eigenvalue weighted by Crippen LogP contribution is 2.24. The van der Waals surface area contributed by atoms with E-state index in [1.54, 1.807) is 48.7 Å². The first-order valence-corrected chi connectivity index (χ1v) is 9.20. The Morgan fingerprint density at radius 3 is 2.44 bits per heavy atom. The lowest BCUT2D eigenvalue weighted by Gasteiger charge is -2.10. The number of nitrogens with zero attached hydrogens (tertiary/aromatic N) is 1. The Morgan fingerprint density at radius 2 is 1.78 bits per heavy atom. The Labute approximate surface area is 169 Å². The molecule has 5 nitrogen and oxygen atoms in total. The quantitative estimate of drug-likeness (QED) is 0.565. The lowest BCUT2D eigenvalue weighted by molar-refractivity contribution is 0.0966. The second-order valence-corrected chi connectivity index (χ2v) is 7.08. The van der Waals surface area contributed by atoms with Crippen LogP contribution in [0.25, 0.3) is 11.3 Å². The second kappa shape index (κ2) is 8.33. The van der Waals surface area contributed by atoms with Gasteiger partial charge in [-0.25, -0.2) is 4.79 Å². The van der Waals surface area contributed by atoms with E-state index in [0.717, 1.165) is 16.8 Å². The van der Waals surface area contributed by atoms with Gasteiger partial charge in [0.05, 0.1) is 23.1 Å². The molecule has 1 heterocycles. The third-order valence-electron chi connectivity index (χ3n) is 3.80. The molecule has 0 fully saturated rings. The van der Waals surface area contributed by atoms with E-state index < -0.39 is 11.9 Å². The number of carbonyl (C=O) groups excluding carboxylic acids is 2. The maximum absolute atomic E-state index is 12.2. The molecule has 0 bridgehead atoms. The molecule has 0 spiro atoms. The van der Waals surface area contributed by atoms with Crippen LogP contribution in [0.5, 0.6) is 0 Å². The van der Waals surface area contributed by atoms with E-state index in [0.29, 0.717) is 20.7 Å². The molecule has 0 aliphatic rings. The summed E-state index contributed by atoms with van der Waals surface area (Å²) in [6, 6.07) is 15.4. The molecule has 0 unspecified atom stereocenters. The van der Waals surface area contributed by atoms with Crippen molar-refractivity contribution >= 4 is 45.2 Å². The predicted molar refractivity (Wildman–Crippen MR) is 110 cm³/mol. The summed E-state index contributed by atoms with van der Waals surface area (Å²) in [5, 5.41) is 5.57. The summed E-state index contributed by atoms with van der Waals surface area (Å²) in [5.74, 6) is -0.498. The Bertz CT molecular complexity index is 1010. The van der Waals surface area contributed by atoms with Crippen LogP contribution in [0.3, 0.4) is 0 Å². The average Bonchev–Trinajstić information content (AvgIpc) is 2.63. The fraction of sp³-hybridized carbons (Fsp3) is 0.0500. The zero-order valence-electron chi connectivity index (χ0n) is 14.3. The van der Waals surface area contributed by atoms with Gasteiger partial charge in [-0.05, 0) is 58.7 Å². The number of aryl methyl sites for hydroxylation is 1. The molecule has 2 N–H and O–H groups in total.